The first kappa shape index (κ1) is 34.6. The maximum atomic E-state index is 13.3. The number of nitrogens with zero attached hydrogens (tertiary/aromatic N) is 1. The molecule has 0 spiro atoms. The molecule has 4 fully saturated rings. The molecule has 8 heteroatoms. The van der Waals surface area contributed by atoms with Crippen LogP contribution in [-0.4, -0.2) is 35.0 Å². The minimum Gasteiger partial charge on any atom is -0.490 e. The first-order valence-electron chi connectivity index (χ1n) is 18.9. The van der Waals surface area contributed by atoms with Crippen molar-refractivity contribution in [2.75, 3.05) is 6.54 Å². The third-order valence-corrected chi connectivity index (χ3v) is 11.7. The van der Waals surface area contributed by atoms with Gasteiger partial charge in [-0.05, 0) is 147 Å². The van der Waals surface area contributed by atoms with Gasteiger partial charge >= 0.3 is 0 Å². The van der Waals surface area contributed by atoms with Crippen LogP contribution in [0.1, 0.15) is 88.0 Å². The van der Waals surface area contributed by atoms with Gasteiger partial charge in [-0.2, -0.15) is 0 Å². The number of nitrogens with two attached hydrogens (primary N) is 1. The van der Waals surface area contributed by atoms with E-state index in [4.69, 9.17) is 15.2 Å². The third kappa shape index (κ3) is 7.87. The molecule has 50 heavy (non-hydrogen) atoms. The minimum absolute atomic E-state index is 0.0759. The van der Waals surface area contributed by atoms with E-state index in [2.05, 4.69) is 22.9 Å². The summed E-state index contributed by atoms with van der Waals surface area (Å²) in [5.41, 5.74) is 12.9. The van der Waals surface area contributed by atoms with Crippen LogP contribution < -0.4 is 25.9 Å². The quantitative estimate of drug-likeness (QED) is 0.157. The number of carbonyl (C=O) groups is 2. The second-order valence-electron chi connectivity index (χ2n) is 16.0. The summed E-state index contributed by atoms with van der Waals surface area (Å²) >= 11 is 0. The Morgan fingerprint density at radius 2 is 1.38 bits per heavy atom. The monoisotopic (exact) mass is 678 g/mol. The van der Waals surface area contributed by atoms with Crippen molar-refractivity contribution in [2.45, 2.75) is 103 Å². The van der Waals surface area contributed by atoms with Crippen LogP contribution in [0.3, 0.4) is 0 Å². The van der Waals surface area contributed by atoms with Gasteiger partial charge in [0.2, 0.25) is 11.8 Å². The van der Waals surface area contributed by atoms with Gasteiger partial charge in [0.25, 0.3) is 0 Å². The molecule has 2 amide bonds. The van der Waals surface area contributed by atoms with Crippen molar-refractivity contribution in [3.8, 4) is 17.2 Å². The average Bonchev–Trinajstić information content (AvgIpc) is 3.11. The van der Waals surface area contributed by atoms with Gasteiger partial charge in [0, 0.05) is 19.0 Å². The van der Waals surface area contributed by atoms with Crippen LogP contribution >= 0.6 is 0 Å². The van der Waals surface area contributed by atoms with Gasteiger partial charge in [0.15, 0.2) is 0 Å². The zero-order chi connectivity index (χ0) is 34.8. The van der Waals surface area contributed by atoms with E-state index >= 15 is 0 Å². The standard InChI is InChI=1S/C42H54N4O4/c1-27(2)40(47)46(45-25-29-10-13-36(14-11-29)49-38-17-12-32-6-4-5-7-33(32)23-38)26-42(3,41(43)48)44-24-28-8-15-37(16-9-28)50-39-34-19-30-18-31(21-34)22-35(39)20-30/h8-17,23,27,30-31,34-35,39,44-45H,4-7,18-22,24-26H2,1-3H3,(H2,43,48). The highest BCUT2D eigenvalue weighted by Gasteiger charge is 2.49. The van der Waals surface area contributed by atoms with Crippen molar-refractivity contribution in [1.29, 1.82) is 0 Å². The fourth-order valence-corrected chi connectivity index (χ4v) is 9.04. The van der Waals surface area contributed by atoms with Crippen LogP contribution in [0.2, 0.25) is 0 Å². The lowest BCUT2D eigenvalue weighted by Gasteiger charge is -2.53. The molecule has 1 unspecified atom stereocenters. The van der Waals surface area contributed by atoms with Crippen LogP contribution in [0.5, 0.6) is 17.2 Å². The topological polar surface area (TPSA) is 106 Å². The Kier molecular flexibility index (Phi) is 10.2. The van der Waals surface area contributed by atoms with E-state index in [1.165, 1.54) is 61.1 Å². The summed E-state index contributed by atoms with van der Waals surface area (Å²) in [5, 5.41) is 4.89. The number of carbonyl (C=O) groups excluding carboxylic acids is 2. The number of hydrogen-bond acceptors (Lipinski definition) is 6. The summed E-state index contributed by atoms with van der Waals surface area (Å²) in [4.78, 5) is 26.2. The average molecular weight is 679 g/mol. The predicted molar refractivity (Wildman–Crippen MR) is 195 cm³/mol. The highest BCUT2D eigenvalue weighted by Crippen LogP contribution is 2.54. The number of amides is 2. The molecular weight excluding hydrogens is 624 g/mol. The van der Waals surface area contributed by atoms with Crippen molar-refractivity contribution in [1.82, 2.24) is 15.8 Å². The lowest BCUT2D eigenvalue weighted by atomic mass is 9.55. The number of ether oxygens (including phenoxy) is 2. The van der Waals surface area contributed by atoms with Gasteiger partial charge in [-0.1, -0.05) is 44.2 Å². The molecule has 5 aliphatic rings. The lowest BCUT2D eigenvalue weighted by molar-refractivity contribution is -0.140. The molecule has 8 rings (SSSR count). The largest absolute Gasteiger partial charge is 0.490 e. The number of aryl methyl sites for hydroxylation is 2. The van der Waals surface area contributed by atoms with E-state index in [0.717, 1.165) is 53.1 Å². The first-order valence-corrected chi connectivity index (χ1v) is 18.9. The van der Waals surface area contributed by atoms with Gasteiger partial charge in [-0.3, -0.25) is 19.9 Å². The molecule has 1 atom stereocenters. The summed E-state index contributed by atoms with van der Waals surface area (Å²) in [7, 11) is 0. The first-order chi connectivity index (χ1) is 24.1. The number of hydrazine groups is 1. The van der Waals surface area contributed by atoms with E-state index in [1.54, 1.807) is 6.92 Å². The highest BCUT2D eigenvalue weighted by molar-refractivity contribution is 5.86. The molecule has 0 heterocycles. The smallest absolute Gasteiger partial charge is 0.239 e. The second-order valence-corrected chi connectivity index (χ2v) is 16.0. The van der Waals surface area contributed by atoms with Crippen molar-refractivity contribution in [2.24, 2.45) is 35.3 Å². The molecule has 3 aromatic rings. The molecule has 0 saturated heterocycles. The van der Waals surface area contributed by atoms with Crippen LogP contribution in [-0.2, 0) is 35.5 Å². The van der Waals surface area contributed by atoms with Crippen LogP contribution in [0.4, 0.5) is 0 Å². The molecule has 5 aliphatic carbocycles. The molecule has 8 nitrogen and oxygen atoms in total. The Bertz CT molecular complexity index is 1630. The molecule has 266 valence electrons. The molecule has 4 saturated carbocycles. The van der Waals surface area contributed by atoms with Crippen molar-refractivity contribution in [3.63, 3.8) is 0 Å². The van der Waals surface area contributed by atoms with Crippen LogP contribution in [0.25, 0.3) is 0 Å². The van der Waals surface area contributed by atoms with Crippen LogP contribution in [0.15, 0.2) is 66.7 Å². The summed E-state index contributed by atoms with van der Waals surface area (Å²) in [6.45, 7) is 6.36. The molecule has 4 bridgehead atoms. The number of nitrogens with one attached hydrogen (secondary N) is 2. The number of primary amides is 1. The number of hydrogen-bond donors (Lipinski definition) is 3. The Morgan fingerprint density at radius 3 is 2.00 bits per heavy atom. The van der Waals surface area contributed by atoms with Gasteiger partial charge < -0.3 is 15.2 Å². The Labute approximate surface area is 297 Å². The highest BCUT2D eigenvalue weighted by atomic mass is 16.5. The Balaban J connectivity index is 0.941. The normalized spacial score (nSPS) is 24.8. The van der Waals surface area contributed by atoms with E-state index in [-0.39, 0.29) is 18.4 Å². The summed E-state index contributed by atoms with van der Waals surface area (Å²) in [6, 6.07) is 22.4. The van der Waals surface area contributed by atoms with E-state index in [0.29, 0.717) is 31.0 Å². The van der Waals surface area contributed by atoms with E-state index in [9.17, 15) is 9.59 Å². The Hall–Kier alpha value is -3.88. The molecule has 4 N–H and O–H groups in total. The molecule has 0 aliphatic heterocycles. The number of fused-ring (bicyclic) bond motifs is 1. The van der Waals surface area contributed by atoms with Crippen molar-refractivity contribution >= 4 is 11.8 Å². The SMILES string of the molecule is CC(C)C(=O)N(CC(C)(NCc1ccc(OC2C3CC4CC(C3)CC2C4)cc1)C(N)=O)NCc1ccc(Oc2ccc3c(c2)CCCC3)cc1. The fourth-order valence-electron chi connectivity index (χ4n) is 9.04. The lowest BCUT2D eigenvalue weighted by Crippen LogP contribution is -2.62. The number of rotatable bonds is 14. The fraction of sp³-hybridized carbons (Fsp3) is 0.524. The molecular formula is C42H54N4O4. The molecule has 0 aromatic heterocycles. The molecule has 0 radical (unpaired) electrons. The van der Waals surface area contributed by atoms with Crippen LogP contribution in [0, 0.1) is 29.6 Å². The van der Waals surface area contributed by atoms with E-state index < -0.39 is 11.4 Å². The van der Waals surface area contributed by atoms with E-state index in [1.807, 2.05) is 68.4 Å². The molecule has 3 aromatic carbocycles. The summed E-state index contributed by atoms with van der Waals surface area (Å²) in [5.74, 6) is 4.87. The Morgan fingerprint density at radius 1 is 0.800 bits per heavy atom. The second kappa shape index (κ2) is 14.8. The number of benzene rings is 3. The minimum atomic E-state index is -1.17. The zero-order valence-corrected chi connectivity index (χ0v) is 30.0. The predicted octanol–water partition coefficient (Wildman–Crippen LogP) is 7.08. The zero-order valence-electron chi connectivity index (χ0n) is 30.0. The maximum Gasteiger partial charge on any atom is 0.239 e. The summed E-state index contributed by atoms with van der Waals surface area (Å²) < 4.78 is 12.8. The van der Waals surface area contributed by atoms with Crippen molar-refractivity contribution in [3.05, 3.63) is 89.0 Å². The van der Waals surface area contributed by atoms with Crippen molar-refractivity contribution < 1.29 is 19.1 Å². The van der Waals surface area contributed by atoms with Gasteiger partial charge in [-0.25, -0.2) is 5.43 Å². The third-order valence-electron chi connectivity index (χ3n) is 11.7. The van der Waals surface area contributed by atoms with Gasteiger partial charge in [0.1, 0.15) is 28.9 Å². The maximum absolute atomic E-state index is 13.3. The summed E-state index contributed by atoms with van der Waals surface area (Å²) in [6.07, 6.45) is 11.8. The van der Waals surface area contributed by atoms with Gasteiger partial charge in [0.05, 0.1) is 6.54 Å². The van der Waals surface area contributed by atoms with Gasteiger partial charge in [-0.15, -0.1) is 0 Å².